The highest BCUT2D eigenvalue weighted by atomic mass is 19.4. The number of benzene rings is 3. The quantitative estimate of drug-likeness (QED) is 0.472. The van der Waals surface area contributed by atoms with E-state index in [4.69, 9.17) is 14.2 Å². The van der Waals surface area contributed by atoms with Gasteiger partial charge in [-0.05, 0) is 48.0 Å². The van der Waals surface area contributed by atoms with Gasteiger partial charge in [0, 0.05) is 31.6 Å². The molecule has 3 aliphatic rings. The first-order valence-corrected chi connectivity index (χ1v) is 13.4. The molecule has 0 saturated carbocycles. The van der Waals surface area contributed by atoms with Crippen molar-refractivity contribution < 1.29 is 46.5 Å². The molecule has 4 bridgehead atoms. The van der Waals surface area contributed by atoms with Crippen molar-refractivity contribution in [2.45, 2.75) is 31.5 Å². The van der Waals surface area contributed by atoms with Crippen molar-refractivity contribution in [3.63, 3.8) is 0 Å². The smallest absolute Gasteiger partial charge is 0.493 e. The summed E-state index contributed by atoms with van der Waals surface area (Å²) in [4.78, 5) is 40.6. The molecule has 2 N–H and O–H groups in total. The van der Waals surface area contributed by atoms with Crippen LogP contribution in [0.3, 0.4) is 0 Å². The zero-order chi connectivity index (χ0) is 30.6. The highest BCUT2D eigenvalue weighted by Gasteiger charge is 2.37. The third-order valence-electron chi connectivity index (χ3n) is 6.98. The molecular formula is C30H28F3N3O7. The van der Waals surface area contributed by atoms with Crippen LogP contribution in [0, 0.1) is 0 Å². The van der Waals surface area contributed by atoms with Gasteiger partial charge in [0.2, 0.25) is 0 Å². The van der Waals surface area contributed by atoms with E-state index < -0.39 is 36.1 Å². The van der Waals surface area contributed by atoms with Crippen LogP contribution in [0.15, 0.2) is 66.7 Å². The Kier molecular flexibility index (Phi) is 8.60. The second kappa shape index (κ2) is 12.5. The van der Waals surface area contributed by atoms with Crippen molar-refractivity contribution in [3.8, 4) is 23.0 Å². The van der Waals surface area contributed by atoms with E-state index >= 15 is 0 Å². The minimum atomic E-state index is -4.98. The van der Waals surface area contributed by atoms with Crippen LogP contribution >= 0.6 is 0 Å². The van der Waals surface area contributed by atoms with Gasteiger partial charge in [0.1, 0.15) is 17.6 Å². The molecule has 13 heteroatoms. The number of halogens is 3. The topological polar surface area (TPSA) is 115 Å². The number of likely N-dealkylation sites (tertiary alicyclic amines) is 1. The van der Waals surface area contributed by atoms with Gasteiger partial charge in [-0.2, -0.15) is 0 Å². The van der Waals surface area contributed by atoms with Gasteiger partial charge in [0.25, 0.3) is 17.7 Å². The molecule has 10 nitrogen and oxygen atoms in total. The van der Waals surface area contributed by atoms with E-state index in [9.17, 15) is 27.6 Å². The summed E-state index contributed by atoms with van der Waals surface area (Å²) in [6.07, 6.45) is -5.29. The second-order valence-electron chi connectivity index (χ2n) is 9.90. The molecule has 3 aromatic rings. The number of carbonyl (C=O) groups is 3. The number of nitrogens with one attached hydrogen (secondary N) is 2. The summed E-state index contributed by atoms with van der Waals surface area (Å²) in [5, 5.41) is 5.67. The molecule has 1 saturated heterocycles. The van der Waals surface area contributed by atoms with Crippen LogP contribution in [-0.4, -0.2) is 67.9 Å². The van der Waals surface area contributed by atoms with Crippen LogP contribution < -0.4 is 29.6 Å². The molecule has 0 aliphatic carbocycles. The molecule has 3 heterocycles. The van der Waals surface area contributed by atoms with Gasteiger partial charge in [-0.15, -0.1) is 13.2 Å². The van der Waals surface area contributed by atoms with Crippen LogP contribution in [0.5, 0.6) is 23.0 Å². The van der Waals surface area contributed by atoms with E-state index in [2.05, 4.69) is 15.4 Å². The SMILES string of the molecule is COc1ccc2cc1OCC(=O)NCc1ccc(cc1)O[C@@H]1CCN(C(=O)c3ccccc3OC(F)(F)F)C[C@@H]1NC2=O. The van der Waals surface area contributed by atoms with Crippen molar-refractivity contribution in [1.82, 2.24) is 15.5 Å². The lowest BCUT2D eigenvalue weighted by Crippen LogP contribution is -2.58. The first-order chi connectivity index (χ1) is 20.6. The number of fused-ring (bicyclic) bond motifs is 7. The van der Waals surface area contributed by atoms with Gasteiger partial charge in [0.05, 0.1) is 18.7 Å². The van der Waals surface area contributed by atoms with E-state index in [1.165, 1.54) is 48.4 Å². The third kappa shape index (κ3) is 7.29. The highest BCUT2D eigenvalue weighted by Crippen LogP contribution is 2.30. The molecule has 1 fully saturated rings. The van der Waals surface area contributed by atoms with E-state index in [-0.39, 0.29) is 55.4 Å². The van der Waals surface area contributed by atoms with Crippen LogP contribution in [-0.2, 0) is 11.3 Å². The zero-order valence-electron chi connectivity index (χ0n) is 23.0. The number of amides is 3. The number of rotatable bonds is 3. The van der Waals surface area contributed by atoms with Crippen LogP contribution in [0.1, 0.15) is 32.7 Å². The number of carbonyl (C=O) groups excluding carboxylic acids is 3. The molecule has 3 aromatic carbocycles. The van der Waals surface area contributed by atoms with E-state index in [0.29, 0.717) is 11.5 Å². The lowest BCUT2D eigenvalue weighted by molar-refractivity contribution is -0.274. The summed E-state index contributed by atoms with van der Waals surface area (Å²) >= 11 is 0. The highest BCUT2D eigenvalue weighted by molar-refractivity contribution is 5.97. The predicted molar refractivity (Wildman–Crippen MR) is 146 cm³/mol. The van der Waals surface area contributed by atoms with Crippen molar-refractivity contribution in [2.75, 3.05) is 26.8 Å². The molecule has 0 radical (unpaired) electrons. The van der Waals surface area contributed by atoms with Crippen LogP contribution in [0.2, 0.25) is 0 Å². The minimum absolute atomic E-state index is 0.0500. The van der Waals surface area contributed by atoms with E-state index in [1.807, 2.05) is 0 Å². The number of para-hydroxylation sites is 1. The molecule has 226 valence electrons. The molecule has 3 aliphatic heterocycles. The van der Waals surface area contributed by atoms with Crippen LogP contribution in [0.4, 0.5) is 13.2 Å². The summed E-state index contributed by atoms with van der Waals surface area (Å²) in [6.45, 7) is 0.0404. The maximum absolute atomic E-state index is 13.4. The van der Waals surface area contributed by atoms with Gasteiger partial charge in [-0.1, -0.05) is 24.3 Å². The molecule has 6 rings (SSSR count). The van der Waals surface area contributed by atoms with Crippen molar-refractivity contribution in [1.29, 1.82) is 0 Å². The van der Waals surface area contributed by atoms with Gasteiger partial charge in [0.15, 0.2) is 18.1 Å². The number of methoxy groups -OCH3 is 1. The van der Waals surface area contributed by atoms with Gasteiger partial charge in [-0.3, -0.25) is 14.4 Å². The number of hydrogen-bond acceptors (Lipinski definition) is 7. The Labute approximate surface area is 244 Å². The molecule has 2 atom stereocenters. The Balaban J connectivity index is 1.44. The monoisotopic (exact) mass is 599 g/mol. The number of hydrogen-bond donors (Lipinski definition) is 2. The predicted octanol–water partition coefficient (Wildman–Crippen LogP) is 3.69. The summed E-state index contributed by atoms with van der Waals surface area (Å²) in [5.41, 5.74) is 0.746. The van der Waals surface area contributed by atoms with Crippen molar-refractivity contribution in [2.24, 2.45) is 0 Å². The Morgan fingerprint density at radius 1 is 1.02 bits per heavy atom. The lowest BCUT2D eigenvalue weighted by Gasteiger charge is -2.39. The Bertz CT molecular complexity index is 1500. The van der Waals surface area contributed by atoms with Crippen LogP contribution in [0.25, 0.3) is 0 Å². The van der Waals surface area contributed by atoms with E-state index in [1.54, 1.807) is 24.3 Å². The van der Waals surface area contributed by atoms with Crippen molar-refractivity contribution >= 4 is 17.7 Å². The lowest BCUT2D eigenvalue weighted by atomic mass is 9.99. The Morgan fingerprint density at radius 3 is 2.53 bits per heavy atom. The normalized spacial score (nSPS) is 19.1. The third-order valence-corrected chi connectivity index (χ3v) is 6.98. The summed E-state index contributed by atoms with van der Waals surface area (Å²) in [6, 6.07) is 15.9. The maximum atomic E-state index is 13.4. The molecule has 0 unspecified atom stereocenters. The molecule has 3 amide bonds. The average molecular weight is 600 g/mol. The first kappa shape index (κ1) is 29.5. The molecular weight excluding hydrogens is 571 g/mol. The van der Waals surface area contributed by atoms with Gasteiger partial charge >= 0.3 is 6.36 Å². The molecule has 0 aromatic heterocycles. The zero-order valence-corrected chi connectivity index (χ0v) is 23.0. The molecule has 43 heavy (non-hydrogen) atoms. The van der Waals surface area contributed by atoms with Gasteiger partial charge < -0.3 is 34.5 Å². The summed E-state index contributed by atoms with van der Waals surface area (Å²) in [7, 11) is 1.43. The second-order valence-corrected chi connectivity index (χ2v) is 9.90. The van der Waals surface area contributed by atoms with Gasteiger partial charge in [-0.25, -0.2) is 0 Å². The largest absolute Gasteiger partial charge is 0.573 e. The fourth-order valence-corrected chi connectivity index (χ4v) is 4.86. The fraction of sp³-hybridized carbons (Fsp3) is 0.300. The summed E-state index contributed by atoms with van der Waals surface area (Å²) in [5.74, 6) is -1.21. The Morgan fingerprint density at radius 2 is 1.79 bits per heavy atom. The maximum Gasteiger partial charge on any atom is 0.573 e. The fourth-order valence-electron chi connectivity index (χ4n) is 4.86. The minimum Gasteiger partial charge on any atom is -0.493 e. The van der Waals surface area contributed by atoms with Crippen molar-refractivity contribution in [3.05, 3.63) is 83.4 Å². The summed E-state index contributed by atoms with van der Waals surface area (Å²) < 4.78 is 60.3. The number of alkyl halides is 3. The van der Waals surface area contributed by atoms with E-state index in [0.717, 1.165) is 11.6 Å². The number of ether oxygens (including phenoxy) is 4. The average Bonchev–Trinajstić information content (AvgIpc) is 2.99. The Hall–Kier alpha value is -4.94. The standard InChI is InChI=1S/C30H28F3N3O7/c1-40-25-11-8-19-14-26(25)41-17-27(37)34-15-18-6-9-20(10-7-18)42-24-12-13-36(16-22(24)35-28(19)38)29(39)21-4-2-3-5-23(21)43-30(31,32)33/h2-11,14,22,24H,12-13,15-17H2,1H3,(H,34,37)(H,35,38)/t22-,24+/m0/s1. The molecule has 0 spiro atoms. The first-order valence-electron chi connectivity index (χ1n) is 13.4. The number of nitrogens with zero attached hydrogens (tertiary/aromatic N) is 1. The number of piperidine rings is 1.